The maximum absolute atomic E-state index is 13.1. The van der Waals surface area contributed by atoms with Gasteiger partial charge in [0.2, 0.25) is 0 Å². The van der Waals surface area contributed by atoms with Gasteiger partial charge in [-0.1, -0.05) is 17.7 Å². The summed E-state index contributed by atoms with van der Waals surface area (Å²) < 4.78 is 1.68. The number of nitrogens with zero attached hydrogens (tertiary/aromatic N) is 3. The Morgan fingerprint density at radius 1 is 1.18 bits per heavy atom. The average molecular weight is 467 g/mol. The fourth-order valence-corrected chi connectivity index (χ4v) is 5.10. The van der Waals surface area contributed by atoms with Crippen molar-refractivity contribution in [2.24, 2.45) is 5.41 Å². The summed E-state index contributed by atoms with van der Waals surface area (Å²) in [5, 5.41) is 12.9. The third-order valence-electron chi connectivity index (χ3n) is 7.11. The van der Waals surface area contributed by atoms with E-state index in [1.807, 2.05) is 26.1 Å². The summed E-state index contributed by atoms with van der Waals surface area (Å²) in [4.78, 5) is 31.0. The number of carboxylic acids is 1. The number of hydrogen-bond donors (Lipinski definition) is 2. The largest absolute Gasteiger partial charge is 0.476 e. The van der Waals surface area contributed by atoms with Gasteiger partial charge in [-0.15, -0.1) is 0 Å². The number of hydrogen-bond acceptors (Lipinski definition) is 5. The summed E-state index contributed by atoms with van der Waals surface area (Å²) in [6.07, 6.45) is 6.90. The molecule has 0 unspecified atom stereocenters. The van der Waals surface area contributed by atoms with E-state index in [1.54, 1.807) is 22.6 Å². The van der Waals surface area contributed by atoms with Crippen LogP contribution in [0.3, 0.4) is 0 Å². The molecule has 2 fully saturated rings. The predicted molar refractivity (Wildman–Crippen MR) is 130 cm³/mol. The number of pyridine rings is 3. The lowest BCUT2D eigenvalue weighted by molar-refractivity contribution is 0.0691. The number of carbonyl (C=O) groups is 1. The molecule has 8 heteroatoms. The van der Waals surface area contributed by atoms with Crippen LogP contribution < -0.4 is 15.8 Å². The molecule has 5 rings (SSSR count). The molecule has 1 aliphatic heterocycles. The number of nitrogens with one attached hydrogen (secondary N) is 1. The summed E-state index contributed by atoms with van der Waals surface area (Å²) in [6, 6.07) is 8.75. The number of aryl methyl sites for hydroxylation is 1. The van der Waals surface area contributed by atoms with Gasteiger partial charge in [-0.05, 0) is 74.3 Å². The minimum Gasteiger partial charge on any atom is -0.476 e. The monoisotopic (exact) mass is 466 g/mol. The summed E-state index contributed by atoms with van der Waals surface area (Å²) in [5.41, 5.74) is 4.37. The van der Waals surface area contributed by atoms with Crippen LogP contribution in [-0.4, -0.2) is 33.6 Å². The molecule has 3 aromatic rings. The second-order valence-electron chi connectivity index (χ2n) is 9.47. The number of halogens is 1. The summed E-state index contributed by atoms with van der Waals surface area (Å²) in [5.74, 6) is -1.15. The Kier molecular flexibility index (Phi) is 5.32. The standard InChI is InChI=1S/C25H27ClN4O3/c1-15-11-18(16(2)27-19-3-4-21(26)28-23(19)24(32)33)20-12-17(13-22(31)30(20)14-15)29-9-7-25(5-6-25)8-10-29/h3-4,11-14,16,27H,5-10H2,1-2H3,(H,32,33)/t16-/m1/s1. The first-order valence-corrected chi connectivity index (χ1v) is 11.7. The number of aromatic nitrogens is 2. The van der Waals surface area contributed by atoms with Crippen molar-refractivity contribution in [3.63, 3.8) is 0 Å². The minimum absolute atomic E-state index is 0.0641. The third-order valence-corrected chi connectivity index (χ3v) is 7.32. The molecule has 4 heterocycles. The molecule has 1 atom stereocenters. The van der Waals surface area contributed by atoms with Gasteiger partial charge in [0.25, 0.3) is 5.56 Å². The summed E-state index contributed by atoms with van der Waals surface area (Å²) in [6.45, 7) is 5.85. The smallest absolute Gasteiger partial charge is 0.356 e. The molecule has 1 saturated heterocycles. The van der Waals surface area contributed by atoms with E-state index >= 15 is 0 Å². The van der Waals surface area contributed by atoms with Gasteiger partial charge >= 0.3 is 5.97 Å². The molecule has 1 aliphatic carbocycles. The topological polar surface area (TPSA) is 86.9 Å². The first kappa shape index (κ1) is 21.8. The van der Waals surface area contributed by atoms with Crippen molar-refractivity contribution in [1.29, 1.82) is 0 Å². The Hall–Kier alpha value is -3.06. The van der Waals surface area contributed by atoms with Gasteiger partial charge in [0.05, 0.1) is 17.2 Å². The van der Waals surface area contributed by atoms with E-state index in [-0.39, 0.29) is 22.4 Å². The van der Waals surface area contributed by atoms with E-state index in [1.165, 1.54) is 25.7 Å². The van der Waals surface area contributed by atoms with Gasteiger partial charge in [0.1, 0.15) is 5.15 Å². The normalized spacial score (nSPS) is 17.8. The van der Waals surface area contributed by atoms with E-state index in [2.05, 4.69) is 21.3 Å². The highest BCUT2D eigenvalue weighted by molar-refractivity contribution is 6.29. The number of carboxylic acid groups (broad SMARTS) is 1. The van der Waals surface area contributed by atoms with Crippen LogP contribution in [0.2, 0.25) is 5.15 Å². The number of rotatable bonds is 5. The number of aromatic carboxylic acids is 1. The zero-order valence-electron chi connectivity index (χ0n) is 18.8. The lowest BCUT2D eigenvalue weighted by Crippen LogP contribution is -2.35. The molecule has 33 heavy (non-hydrogen) atoms. The van der Waals surface area contributed by atoms with Gasteiger partial charge in [0.15, 0.2) is 5.69 Å². The molecule has 0 bridgehead atoms. The van der Waals surface area contributed by atoms with Gasteiger partial charge in [-0.3, -0.25) is 9.20 Å². The highest BCUT2D eigenvalue weighted by atomic mass is 35.5. The number of fused-ring (bicyclic) bond motifs is 1. The molecule has 2 N–H and O–H groups in total. The SMILES string of the molecule is Cc1cc([C@@H](C)Nc2ccc(Cl)nc2C(=O)O)c2cc(N3CCC4(CC3)CC4)cc(=O)n2c1. The summed E-state index contributed by atoms with van der Waals surface area (Å²) in [7, 11) is 0. The number of anilines is 2. The van der Waals surface area contributed by atoms with Crippen molar-refractivity contribution in [2.75, 3.05) is 23.3 Å². The Morgan fingerprint density at radius 3 is 2.58 bits per heavy atom. The van der Waals surface area contributed by atoms with Crippen molar-refractivity contribution in [3.05, 3.63) is 68.9 Å². The van der Waals surface area contributed by atoms with Crippen molar-refractivity contribution in [1.82, 2.24) is 9.38 Å². The van der Waals surface area contributed by atoms with Crippen LogP contribution in [0.1, 0.15) is 60.3 Å². The van der Waals surface area contributed by atoms with Crippen LogP contribution in [0, 0.1) is 12.3 Å². The van der Waals surface area contributed by atoms with Crippen LogP contribution in [0.25, 0.3) is 5.52 Å². The minimum atomic E-state index is -1.15. The Labute approximate surface area is 197 Å². The Bertz CT molecular complexity index is 1300. The van der Waals surface area contributed by atoms with Gasteiger partial charge in [0, 0.05) is 31.0 Å². The van der Waals surface area contributed by atoms with Crippen molar-refractivity contribution < 1.29 is 9.90 Å². The molecular formula is C25H27ClN4O3. The van der Waals surface area contributed by atoms with Crippen LogP contribution in [-0.2, 0) is 0 Å². The zero-order chi connectivity index (χ0) is 23.3. The first-order chi connectivity index (χ1) is 15.7. The predicted octanol–water partition coefficient (Wildman–Crippen LogP) is 4.91. The molecule has 172 valence electrons. The maximum Gasteiger partial charge on any atom is 0.356 e. The quantitative estimate of drug-likeness (QED) is 0.519. The molecule has 1 saturated carbocycles. The van der Waals surface area contributed by atoms with Crippen LogP contribution in [0.5, 0.6) is 0 Å². The average Bonchev–Trinajstić information content (AvgIpc) is 3.54. The van der Waals surface area contributed by atoms with Gasteiger partial charge < -0.3 is 15.3 Å². The van der Waals surface area contributed by atoms with E-state index in [0.717, 1.165) is 35.4 Å². The van der Waals surface area contributed by atoms with Crippen molar-refractivity contribution in [2.45, 2.75) is 45.6 Å². The van der Waals surface area contributed by atoms with Crippen LogP contribution in [0.4, 0.5) is 11.4 Å². The molecule has 7 nitrogen and oxygen atoms in total. The van der Waals surface area contributed by atoms with E-state index in [9.17, 15) is 14.7 Å². The lowest BCUT2D eigenvalue weighted by Gasteiger charge is -2.34. The van der Waals surface area contributed by atoms with Crippen LogP contribution >= 0.6 is 11.6 Å². The van der Waals surface area contributed by atoms with Gasteiger partial charge in [-0.25, -0.2) is 9.78 Å². The van der Waals surface area contributed by atoms with E-state index < -0.39 is 5.97 Å². The Morgan fingerprint density at radius 2 is 1.91 bits per heavy atom. The highest BCUT2D eigenvalue weighted by Gasteiger charge is 2.44. The molecule has 0 amide bonds. The fourth-order valence-electron chi connectivity index (χ4n) is 4.95. The summed E-state index contributed by atoms with van der Waals surface area (Å²) >= 11 is 5.90. The molecule has 2 aliphatic rings. The van der Waals surface area contributed by atoms with E-state index in [0.29, 0.717) is 11.1 Å². The molecule has 0 radical (unpaired) electrons. The maximum atomic E-state index is 13.1. The fraction of sp³-hybridized carbons (Fsp3) is 0.400. The molecule has 0 aromatic carbocycles. The number of piperidine rings is 1. The Balaban J connectivity index is 1.53. The highest BCUT2D eigenvalue weighted by Crippen LogP contribution is 2.53. The lowest BCUT2D eigenvalue weighted by atomic mass is 9.93. The first-order valence-electron chi connectivity index (χ1n) is 11.3. The second-order valence-corrected chi connectivity index (χ2v) is 9.86. The molecular weight excluding hydrogens is 440 g/mol. The van der Waals surface area contributed by atoms with Gasteiger partial charge in [-0.2, -0.15) is 0 Å². The third kappa shape index (κ3) is 4.17. The second kappa shape index (κ2) is 8.06. The van der Waals surface area contributed by atoms with Crippen molar-refractivity contribution in [3.8, 4) is 0 Å². The van der Waals surface area contributed by atoms with E-state index in [4.69, 9.17) is 11.6 Å². The zero-order valence-corrected chi connectivity index (χ0v) is 19.5. The molecule has 3 aromatic heterocycles. The van der Waals surface area contributed by atoms with Crippen molar-refractivity contribution >= 4 is 34.5 Å². The molecule has 1 spiro atoms. The van der Waals surface area contributed by atoms with Crippen LogP contribution in [0.15, 0.2) is 41.3 Å².